The number of aliphatic hydroxyl groups is 1. The fraction of sp³-hybridized carbons (Fsp3) is 0.875. The Morgan fingerprint density at radius 3 is 2.21 bits per heavy atom. The van der Waals surface area contributed by atoms with Crippen LogP contribution < -0.4 is 0 Å². The molecule has 1 saturated carbocycles. The van der Waals surface area contributed by atoms with Crippen LogP contribution in [0.5, 0.6) is 0 Å². The Hall–Kier alpha value is -0.780. The van der Waals surface area contributed by atoms with Gasteiger partial charge in [0.25, 0.3) is 0 Å². The number of halogens is 3. The smallest absolute Gasteiger partial charge is 0.391 e. The van der Waals surface area contributed by atoms with Crippen molar-refractivity contribution in [2.45, 2.75) is 31.5 Å². The average molecular weight is 212 g/mol. The first-order valence-corrected chi connectivity index (χ1v) is 4.28. The Labute approximate surface area is 78.5 Å². The van der Waals surface area contributed by atoms with Crippen molar-refractivity contribution in [3.8, 4) is 0 Å². The summed E-state index contributed by atoms with van der Waals surface area (Å²) in [6, 6.07) is 0. The Morgan fingerprint density at radius 1 is 1.21 bits per heavy atom. The molecular weight excluding hydrogens is 201 g/mol. The highest BCUT2D eigenvalue weighted by molar-refractivity contribution is 5.70. The van der Waals surface area contributed by atoms with Crippen molar-refractivity contribution in [3.63, 3.8) is 0 Å². The number of hydrogen-bond donors (Lipinski definition) is 2. The average Bonchev–Trinajstić information content (AvgIpc) is 2.01. The van der Waals surface area contributed by atoms with E-state index in [0.717, 1.165) is 0 Å². The second-order valence-electron chi connectivity index (χ2n) is 3.63. The fourth-order valence-electron chi connectivity index (χ4n) is 1.76. The molecule has 1 aliphatic rings. The van der Waals surface area contributed by atoms with Crippen molar-refractivity contribution in [2.75, 3.05) is 0 Å². The molecular formula is C8H11F3O3. The van der Waals surface area contributed by atoms with Crippen LogP contribution in [0.1, 0.15) is 19.3 Å². The van der Waals surface area contributed by atoms with Gasteiger partial charge in [-0.25, -0.2) is 0 Å². The Bertz CT molecular complexity index is 226. The number of carbonyl (C=O) groups is 1. The van der Waals surface area contributed by atoms with E-state index in [2.05, 4.69) is 0 Å². The lowest BCUT2D eigenvalue weighted by molar-refractivity contribution is -0.196. The summed E-state index contributed by atoms with van der Waals surface area (Å²) in [6.07, 6.45) is -6.45. The number of alkyl halides is 3. The molecule has 0 radical (unpaired) electrons. The van der Waals surface area contributed by atoms with Gasteiger partial charge >= 0.3 is 12.1 Å². The topological polar surface area (TPSA) is 57.5 Å². The summed E-state index contributed by atoms with van der Waals surface area (Å²) in [5.74, 6) is -4.03. The molecule has 14 heavy (non-hydrogen) atoms. The second kappa shape index (κ2) is 3.76. The van der Waals surface area contributed by atoms with Gasteiger partial charge in [0.15, 0.2) is 0 Å². The van der Waals surface area contributed by atoms with E-state index in [1.807, 2.05) is 0 Å². The molecule has 0 aromatic rings. The Balaban J connectivity index is 2.68. The summed E-state index contributed by atoms with van der Waals surface area (Å²) in [6.45, 7) is 0. The zero-order valence-electron chi connectivity index (χ0n) is 7.29. The van der Waals surface area contributed by atoms with E-state index in [0.29, 0.717) is 0 Å². The predicted molar refractivity (Wildman–Crippen MR) is 40.5 cm³/mol. The molecule has 0 aromatic carbocycles. The highest BCUT2D eigenvalue weighted by Crippen LogP contribution is 2.39. The van der Waals surface area contributed by atoms with Crippen LogP contribution in [0.3, 0.4) is 0 Å². The summed E-state index contributed by atoms with van der Waals surface area (Å²) in [5, 5.41) is 17.7. The number of hydrogen-bond acceptors (Lipinski definition) is 2. The minimum Gasteiger partial charge on any atom is -0.481 e. The fourth-order valence-corrected chi connectivity index (χ4v) is 1.76. The van der Waals surface area contributed by atoms with Crippen LogP contribution in [0.4, 0.5) is 13.2 Å². The van der Waals surface area contributed by atoms with Gasteiger partial charge in [0, 0.05) is 0 Å². The lowest BCUT2D eigenvalue weighted by Crippen LogP contribution is -2.37. The molecule has 0 amide bonds. The van der Waals surface area contributed by atoms with Gasteiger partial charge in [-0.2, -0.15) is 13.2 Å². The van der Waals surface area contributed by atoms with Gasteiger partial charge in [-0.1, -0.05) is 0 Å². The minimum absolute atomic E-state index is 0.0814. The highest BCUT2D eigenvalue weighted by Gasteiger charge is 2.46. The van der Waals surface area contributed by atoms with E-state index in [4.69, 9.17) is 10.2 Å². The van der Waals surface area contributed by atoms with Gasteiger partial charge < -0.3 is 10.2 Å². The predicted octanol–water partition coefficient (Wildman–Crippen LogP) is 1.41. The van der Waals surface area contributed by atoms with E-state index in [1.165, 1.54) is 0 Å². The summed E-state index contributed by atoms with van der Waals surface area (Å²) >= 11 is 0. The first-order valence-electron chi connectivity index (χ1n) is 4.28. The number of aliphatic carboxylic acids is 1. The normalized spacial score (nSPS) is 34.1. The molecule has 3 nitrogen and oxygen atoms in total. The third-order valence-electron chi connectivity index (χ3n) is 2.49. The maximum Gasteiger partial charge on any atom is 0.391 e. The SMILES string of the molecule is O=C(O)[C@@H]1C[C@H](O)C[C@@H](C(F)(F)F)C1. The summed E-state index contributed by atoms with van der Waals surface area (Å²) in [5.41, 5.74) is 0. The molecule has 1 rings (SSSR count). The van der Waals surface area contributed by atoms with Gasteiger partial charge in [0.1, 0.15) is 0 Å². The van der Waals surface area contributed by atoms with Crippen LogP contribution >= 0.6 is 0 Å². The number of aliphatic hydroxyl groups excluding tert-OH is 1. The van der Waals surface area contributed by atoms with E-state index in [9.17, 15) is 18.0 Å². The van der Waals surface area contributed by atoms with E-state index < -0.39 is 36.5 Å². The largest absolute Gasteiger partial charge is 0.481 e. The van der Waals surface area contributed by atoms with Crippen LogP contribution in [0.25, 0.3) is 0 Å². The van der Waals surface area contributed by atoms with Gasteiger partial charge in [-0.05, 0) is 19.3 Å². The monoisotopic (exact) mass is 212 g/mol. The van der Waals surface area contributed by atoms with Crippen LogP contribution in [0, 0.1) is 11.8 Å². The van der Waals surface area contributed by atoms with Crippen molar-refractivity contribution in [1.82, 2.24) is 0 Å². The quantitative estimate of drug-likeness (QED) is 0.690. The van der Waals surface area contributed by atoms with Crippen molar-refractivity contribution in [1.29, 1.82) is 0 Å². The first kappa shape index (κ1) is 11.3. The van der Waals surface area contributed by atoms with Gasteiger partial charge in [0.2, 0.25) is 0 Å². The second-order valence-corrected chi connectivity index (χ2v) is 3.63. The van der Waals surface area contributed by atoms with Crippen LogP contribution in [0.15, 0.2) is 0 Å². The van der Waals surface area contributed by atoms with Gasteiger partial charge in [-0.15, -0.1) is 0 Å². The summed E-state index contributed by atoms with van der Waals surface area (Å²) in [7, 11) is 0. The maximum atomic E-state index is 12.2. The molecule has 0 aliphatic heterocycles. The zero-order chi connectivity index (χ0) is 10.9. The third-order valence-corrected chi connectivity index (χ3v) is 2.49. The number of carboxylic acids is 1. The van der Waals surface area contributed by atoms with E-state index >= 15 is 0 Å². The van der Waals surface area contributed by atoms with E-state index in [-0.39, 0.29) is 12.8 Å². The van der Waals surface area contributed by atoms with Crippen LogP contribution in [-0.4, -0.2) is 28.5 Å². The zero-order valence-corrected chi connectivity index (χ0v) is 7.29. The molecule has 2 N–H and O–H groups in total. The van der Waals surface area contributed by atoms with Gasteiger partial charge in [-0.3, -0.25) is 4.79 Å². The lowest BCUT2D eigenvalue weighted by Gasteiger charge is -2.31. The van der Waals surface area contributed by atoms with Crippen molar-refractivity contribution >= 4 is 5.97 Å². The summed E-state index contributed by atoms with van der Waals surface area (Å²) < 4.78 is 36.7. The molecule has 0 aromatic heterocycles. The number of carboxylic acid groups (broad SMARTS) is 1. The van der Waals surface area contributed by atoms with Crippen molar-refractivity contribution in [2.24, 2.45) is 11.8 Å². The van der Waals surface area contributed by atoms with Crippen molar-refractivity contribution in [3.05, 3.63) is 0 Å². The molecule has 1 aliphatic carbocycles. The standard InChI is InChI=1S/C8H11F3O3/c9-8(10,11)5-1-4(7(13)14)2-6(12)3-5/h4-6,12H,1-3H2,(H,13,14)/t4-,5-,6-/m0/s1. The Kier molecular flexibility index (Phi) is 3.04. The van der Waals surface area contributed by atoms with Crippen LogP contribution in [-0.2, 0) is 4.79 Å². The summed E-state index contributed by atoms with van der Waals surface area (Å²) in [4.78, 5) is 10.5. The Morgan fingerprint density at radius 2 is 1.79 bits per heavy atom. The lowest BCUT2D eigenvalue weighted by atomic mass is 9.79. The molecule has 6 heteroatoms. The minimum atomic E-state index is -4.41. The van der Waals surface area contributed by atoms with Gasteiger partial charge in [0.05, 0.1) is 17.9 Å². The highest BCUT2D eigenvalue weighted by atomic mass is 19.4. The molecule has 3 atom stereocenters. The van der Waals surface area contributed by atoms with E-state index in [1.54, 1.807) is 0 Å². The first-order chi connectivity index (χ1) is 6.30. The maximum absolute atomic E-state index is 12.2. The van der Waals surface area contributed by atoms with Crippen LogP contribution in [0.2, 0.25) is 0 Å². The number of rotatable bonds is 1. The molecule has 0 saturated heterocycles. The molecule has 0 bridgehead atoms. The molecule has 0 heterocycles. The third kappa shape index (κ3) is 2.60. The molecule has 82 valence electrons. The molecule has 0 unspecified atom stereocenters. The molecule has 0 spiro atoms. The van der Waals surface area contributed by atoms with Crippen molar-refractivity contribution < 1.29 is 28.2 Å². The molecule has 1 fully saturated rings.